The molecule has 1 rings (SSSR count). The minimum atomic E-state index is -4.85. The third-order valence-corrected chi connectivity index (χ3v) is 2.28. The first-order valence-electron chi connectivity index (χ1n) is 3.92. The molecule has 1 aromatic carbocycles. The van der Waals surface area contributed by atoms with Gasteiger partial charge in [-0.2, -0.15) is 13.2 Å². The number of hydrogen-bond donors (Lipinski definition) is 0. The van der Waals surface area contributed by atoms with E-state index in [0.717, 1.165) is 0 Å². The van der Waals surface area contributed by atoms with Crippen LogP contribution >= 0.6 is 15.9 Å². The van der Waals surface area contributed by atoms with Crippen LogP contribution < -0.4 is 0 Å². The third kappa shape index (κ3) is 2.58. The topological polar surface area (TPSA) is 17.1 Å². The van der Waals surface area contributed by atoms with Crippen LogP contribution in [0.15, 0.2) is 12.1 Å². The second kappa shape index (κ2) is 4.48. The molecule has 0 spiro atoms. The Bertz CT molecular complexity index is 403. The van der Waals surface area contributed by atoms with Crippen LogP contribution in [0.1, 0.15) is 15.9 Å². The van der Waals surface area contributed by atoms with E-state index in [0.29, 0.717) is 0 Å². The largest absolute Gasteiger partial charge is 0.416 e. The summed E-state index contributed by atoms with van der Waals surface area (Å²) in [5, 5.41) is -0.369. The van der Waals surface area contributed by atoms with Crippen molar-refractivity contribution in [3.63, 3.8) is 0 Å². The Labute approximate surface area is 95.4 Å². The summed E-state index contributed by atoms with van der Waals surface area (Å²) in [5.74, 6) is -3.99. The van der Waals surface area contributed by atoms with Gasteiger partial charge in [0.05, 0.1) is 16.5 Å². The highest BCUT2D eigenvalue weighted by Gasteiger charge is 2.33. The van der Waals surface area contributed by atoms with Crippen LogP contribution in [0.3, 0.4) is 0 Å². The molecule has 1 aromatic rings. The molecule has 0 fully saturated rings. The molecule has 0 radical (unpaired) electrons. The van der Waals surface area contributed by atoms with Gasteiger partial charge in [-0.05, 0) is 12.1 Å². The lowest BCUT2D eigenvalue weighted by molar-refractivity contribution is -0.138. The highest BCUT2D eigenvalue weighted by molar-refractivity contribution is 9.09. The number of ketones is 1. The number of benzene rings is 1. The monoisotopic (exact) mass is 302 g/mol. The van der Waals surface area contributed by atoms with Crippen molar-refractivity contribution >= 4 is 21.7 Å². The number of rotatable bonds is 2. The van der Waals surface area contributed by atoms with Crippen molar-refractivity contribution in [2.45, 2.75) is 6.18 Å². The minimum absolute atomic E-state index is 0.0962. The molecular weight excluding hydrogens is 299 g/mol. The van der Waals surface area contributed by atoms with Gasteiger partial charge in [0.1, 0.15) is 11.6 Å². The van der Waals surface area contributed by atoms with Crippen LogP contribution in [0.5, 0.6) is 0 Å². The maximum atomic E-state index is 13.1. The average molecular weight is 303 g/mol. The van der Waals surface area contributed by atoms with E-state index in [9.17, 15) is 26.7 Å². The summed E-state index contributed by atoms with van der Waals surface area (Å²) in [5.41, 5.74) is -2.43. The number of alkyl halides is 4. The molecule has 0 aliphatic carbocycles. The lowest BCUT2D eigenvalue weighted by Crippen LogP contribution is -2.12. The van der Waals surface area contributed by atoms with Gasteiger partial charge in [-0.1, -0.05) is 15.9 Å². The van der Waals surface area contributed by atoms with Crippen molar-refractivity contribution in [1.82, 2.24) is 0 Å². The Hall–Kier alpha value is -0.980. The molecular formula is C9H4BrF5O. The first-order valence-corrected chi connectivity index (χ1v) is 5.05. The molecule has 0 atom stereocenters. The summed E-state index contributed by atoms with van der Waals surface area (Å²) in [6, 6.07) is 0.192. The molecule has 0 aliphatic rings. The quantitative estimate of drug-likeness (QED) is 0.464. The van der Waals surface area contributed by atoms with Gasteiger partial charge in [-0.25, -0.2) is 8.78 Å². The number of hydrogen-bond acceptors (Lipinski definition) is 1. The fourth-order valence-corrected chi connectivity index (χ4v) is 1.35. The van der Waals surface area contributed by atoms with Crippen LogP contribution in [0, 0.1) is 11.6 Å². The predicted octanol–water partition coefficient (Wildman–Crippen LogP) is 3.56. The highest BCUT2D eigenvalue weighted by Crippen LogP contribution is 2.31. The van der Waals surface area contributed by atoms with E-state index < -0.39 is 34.7 Å². The van der Waals surface area contributed by atoms with Crippen molar-refractivity contribution in [1.29, 1.82) is 0 Å². The minimum Gasteiger partial charge on any atom is -0.293 e. The van der Waals surface area contributed by atoms with E-state index in [1.807, 2.05) is 0 Å². The first kappa shape index (κ1) is 13.1. The lowest BCUT2D eigenvalue weighted by Gasteiger charge is -2.09. The fourth-order valence-electron chi connectivity index (χ4n) is 1.07. The van der Waals surface area contributed by atoms with Crippen molar-refractivity contribution in [3.8, 4) is 0 Å². The Balaban J connectivity index is 3.34. The van der Waals surface area contributed by atoms with Gasteiger partial charge < -0.3 is 0 Å². The molecule has 0 bridgehead atoms. The van der Waals surface area contributed by atoms with Gasteiger partial charge in [-0.15, -0.1) is 0 Å². The van der Waals surface area contributed by atoms with Crippen LogP contribution in [0.25, 0.3) is 0 Å². The number of carbonyl (C=O) groups excluding carboxylic acids is 1. The zero-order chi connectivity index (χ0) is 12.5. The van der Waals surface area contributed by atoms with E-state index in [1.54, 1.807) is 0 Å². The van der Waals surface area contributed by atoms with E-state index in [-0.39, 0.29) is 17.5 Å². The Morgan fingerprint density at radius 2 is 1.62 bits per heavy atom. The van der Waals surface area contributed by atoms with Crippen molar-refractivity contribution in [3.05, 3.63) is 34.9 Å². The van der Waals surface area contributed by atoms with Gasteiger partial charge in [0.2, 0.25) is 0 Å². The van der Waals surface area contributed by atoms with E-state index in [4.69, 9.17) is 0 Å². The second-order valence-corrected chi connectivity index (χ2v) is 3.43. The van der Waals surface area contributed by atoms with Crippen LogP contribution in [-0.4, -0.2) is 11.1 Å². The van der Waals surface area contributed by atoms with Gasteiger partial charge in [-0.3, -0.25) is 4.79 Å². The summed E-state index contributed by atoms with van der Waals surface area (Å²) in [7, 11) is 0. The molecule has 88 valence electrons. The zero-order valence-corrected chi connectivity index (χ0v) is 9.12. The zero-order valence-electron chi connectivity index (χ0n) is 7.54. The Morgan fingerprint density at radius 3 is 1.94 bits per heavy atom. The molecule has 0 saturated heterocycles. The van der Waals surface area contributed by atoms with Gasteiger partial charge in [0.15, 0.2) is 5.78 Å². The smallest absolute Gasteiger partial charge is 0.293 e. The van der Waals surface area contributed by atoms with Gasteiger partial charge in [0.25, 0.3) is 0 Å². The first-order chi connectivity index (χ1) is 7.27. The average Bonchev–Trinajstić information content (AvgIpc) is 2.14. The molecule has 0 N–H and O–H groups in total. The summed E-state index contributed by atoms with van der Waals surface area (Å²) < 4.78 is 62.6. The summed E-state index contributed by atoms with van der Waals surface area (Å²) in [6.07, 6.45) is -4.85. The van der Waals surface area contributed by atoms with Crippen LogP contribution in [-0.2, 0) is 6.18 Å². The summed E-state index contributed by atoms with van der Waals surface area (Å²) in [4.78, 5) is 11.0. The summed E-state index contributed by atoms with van der Waals surface area (Å²) >= 11 is 2.67. The van der Waals surface area contributed by atoms with Gasteiger partial charge >= 0.3 is 6.18 Å². The molecule has 0 saturated carbocycles. The highest BCUT2D eigenvalue weighted by atomic mass is 79.9. The molecule has 1 nitrogen and oxygen atoms in total. The number of halogens is 6. The SMILES string of the molecule is O=C(CBr)c1c(F)cc(C(F)(F)F)cc1F. The van der Waals surface area contributed by atoms with Crippen molar-refractivity contribution in [2.75, 3.05) is 5.33 Å². The van der Waals surface area contributed by atoms with E-state index in [2.05, 4.69) is 15.9 Å². The van der Waals surface area contributed by atoms with Crippen molar-refractivity contribution in [2.24, 2.45) is 0 Å². The molecule has 0 heterocycles. The number of carbonyl (C=O) groups is 1. The molecule has 0 aromatic heterocycles. The maximum absolute atomic E-state index is 13.1. The lowest BCUT2D eigenvalue weighted by atomic mass is 10.1. The van der Waals surface area contributed by atoms with Gasteiger partial charge in [0, 0.05) is 0 Å². The predicted molar refractivity (Wildman–Crippen MR) is 49.5 cm³/mol. The van der Waals surface area contributed by atoms with E-state index >= 15 is 0 Å². The standard InChI is InChI=1S/C9H4BrF5O/c10-3-7(16)8-5(11)1-4(2-6(8)12)9(13,14)15/h1-2H,3H2. The normalized spacial score (nSPS) is 11.6. The van der Waals surface area contributed by atoms with Crippen LogP contribution in [0.4, 0.5) is 22.0 Å². The molecule has 0 amide bonds. The van der Waals surface area contributed by atoms with Crippen molar-refractivity contribution < 1.29 is 26.7 Å². The van der Waals surface area contributed by atoms with Crippen LogP contribution in [0.2, 0.25) is 0 Å². The second-order valence-electron chi connectivity index (χ2n) is 2.87. The van der Waals surface area contributed by atoms with E-state index in [1.165, 1.54) is 0 Å². The summed E-state index contributed by atoms with van der Waals surface area (Å²) in [6.45, 7) is 0. The Kier molecular flexibility index (Phi) is 3.67. The third-order valence-electron chi connectivity index (χ3n) is 1.77. The maximum Gasteiger partial charge on any atom is 0.416 e. The molecule has 0 unspecified atom stereocenters. The Morgan fingerprint density at radius 1 is 1.19 bits per heavy atom. The molecule has 7 heteroatoms. The number of Topliss-reactive ketones (excluding diaryl/α,β-unsaturated/α-hetero) is 1. The molecule has 0 aliphatic heterocycles. The fraction of sp³-hybridized carbons (Fsp3) is 0.222. The molecule has 16 heavy (non-hydrogen) atoms.